The number of fused-ring (bicyclic) bond motifs is 1. The van der Waals surface area contributed by atoms with Gasteiger partial charge in [-0.2, -0.15) is 0 Å². The lowest BCUT2D eigenvalue weighted by Gasteiger charge is -2.09. The Balaban J connectivity index is 2.32. The number of anilines is 1. The molecular formula is C15H13FIN3. The molecular weight excluding hydrogens is 368 g/mol. The summed E-state index contributed by atoms with van der Waals surface area (Å²) in [4.78, 5) is 4.31. The van der Waals surface area contributed by atoms with Crippen LogP contribution >= 0.6 is 22.6 Å². The first kappa shape index (κ1) is 13.4. The number of aryl methyl sites for hydroxylation is 2. The van der Waals surface area contributed by atoms with Crippen molar-refractivity contribution in [1.82, 2.24) is 9.55 Å². The first-order valence-corrected chi connectivity index (χ1v) is 7.26. The molecule has 3 nitrogen and oxygen atoms in total. The highest BCUT2D eigenvalue weighted by Gasteiger charge is 2.13. The average molecular weight is 381 g/mol. The topological polar surface area (TPSA) is 43.8 Å². The second kappa shape index (κ2) is 4.73. The first-order valence-electron chi connectivity index (χ1n) is 6.18. The van der Waals surface area contributed by atoms with Crippen LogP contribution in [-0.2, 0) is 0 Å². The SMILES string of the molecule is Cc1ccc(-n2c(N)nc3cc(I)c(F)cc32)cc1C. The number of aromatic nitrogens is 2. The van der Waals surface area contributed by atoms with E-state index in [9.17, 15) is 4.39 Å². The quantitative estimate of drug-likeness (QED) is 0.649. The Morgan fingerprint density at radius 2 is 1.90 bits per heavy atom. The van der Waals surface area contributed by atoms with Gasteiger partial charge in [0.1, 0.15) is 5.82 Å². The number of benzene rings is 2. The molecule has 0 bridgehead atoms. The minimum absolute atomic E-state index is 0.261. The Bertz CT molecular complexity index is 824. The van der Waals surface area contributed by atoms with Crippen LogP contribution in [0.2, 0.25) is 0 Å². The number of nitrogens with two attached hydrogens (primary N) is 1. The summed E-state index contributed by atoms with van der Waals surface area (Å²) in [5.74, 6) is 0.104. The van der Waals surface area contributed by atoms with Crippen LogP contribution in [0.1, 0.15) is 11.1 Å². The molecule has 0 aliphatic heterocycles. The van der Waals surface area contributed by atoms with E-state index in [1.54, 1.807) is 10.6 Å². The Morgan fingerprint density at radius 1 is 1.15 bits per heavy atom. The molecule has 2 N–H and O–H groups in total. The number of hydrogen-bond donors (Lipinski definition) is 1. The lowest BCUT2D eigenvalue weighted by molar-refractivity contribution is 0.622. The molecule has 5 heteroatoms. The van der Waals surface area contributed by atoms with Gasteiger partial charge in [-0.15, -0.1) is 0 Å². The van der Waals surface area contributed by atoms with Gasteiger partial charge in [-0.05, 0) is 65.8 Å². The molecule has 0 unspecified atom stereocenters. The maximum Gasteiger partial charge on any atom is 0.205 e. The smallest absolute Gasteiger partial charge is 0.205 e. The average Bonchev–Trinajstić information content (AvgIpc) is 2.69. The minimum Gasteiger partial charge on any atom is -0.369 e. The van der Waals surface area contributed by atoms with E-state index in [1.165, 1.54) is 11.6 Å². The molecule has 0 aliphatic rings. The van der Waals surface area contributed by atoms with Gasteiger partial charge in [-0.3, -0.25) is 4.57 Å². The normalized spacial score (nSPS) is 11.2. The van der Waals surface area contributed by atoms with Gasteiger partial charge in [0, 0.05) is 11.8 Å². The van der Waals surface area contributed by atoms with Gasteiger partial charge in [-0.25, -0.2) is 9.37 Å². The largest absolute Gasteiger partial charge is 0.369 e. The second-order valence-electron chi connectivity index (χ2n) is 4.83. The van der Waals surface area contributed by atoms with Crippen LogP contribution in [0.4, 0.5) is 10.3 Å². The van der Waals surface area contributed by atoms with Crippen molar-refractivity contribution in [2.24, 2.45) is 0 Å². The molecule has 0 atom stereocenters. The zero-order chi connectivity index (χ0) is 14.4. The van der Waals surface area contributed by atoms with Gasteiger partial charge in [0.15, 0.2) is 0 Å². The van der Waals surface area contributed by atoms with Crippen molar-refractivity contribution < 1.29 is 4.39 Å². The minimum atomic E-state index is -0.261. The maximum absolute atomic E-state index is 13.8. The van der Waals surface area contributed by atoms with Crippen molar-refractivity contribution in [3.8, 4) is 5.69 Å². The van der Waals surface area contributed by atoms with Crippen molar-refractivity contribution in [1.29, 1.82) is 0 Å². The lowest BCUT2D eigenvalue weighted by Crippen LogP contribution is -2.01. The van der Waals surface area contributed by atoms with Gasteiger partial charge in [0.25, 0.3) is 0 Å². The van der Waals surface area contributed by atoms with Gasteiger partial charge in [-0.1, -0.05) is 6.07 Å². The van der Waals surface area contributed by atoms with Crippen LogP contribution in [0.25, 0.3) is 16.7 Å². The Hall–Kier alpha value is -1.63. The molecule has 1 heterocycles. The monoisotopic (exact) mass is 381 g/mol. The van der Waals surface area contributed by atoms with E-state index in [0.717, 1.165) is 11.3 Å². The predicted molar refractivity (Wildman–Crippen MR) is 87.6 cm³/mol. The van der Waals surface area contributed by atoms with Crippen LogP contribution in [-0.4, -0.2) is 9.55 Å². The highest BCUT2D eigenvalue weighted by Crippen LogP contribution is 2.27. The molecule has 3 aromatic rings. The number of halogens is 2. The van der Waals surface area contributed by atoms with E-state index in [1.807, 2.05) is 47.7 Å². The standard InChI is InChI=1S/C15H13FIN3/c1-8-3-4-10(5-9(8)2)20-14-6-11(16)12(17)7-13(14)19-15(20)18/h3-7H,1-2H3,(H2,18,19). The van der Waals surface area contributed by atoms with E-state index < -0.39 is 0 Å². The summed E-state index contributed by atoms with van der Waals surface area (Å²) >= 11 is 1.95. The Morgan fingerprint density at radius 3 is 2.60 bits per heavy atom. The third kappa shape index (κ3) is 2.06. The van der Waals surface area contributed by atoms with E-state index in [0.29, 0.717) is 20.6 Å². The first-order chi connectivity index (χ1) is 9.47. The molecule has 20 heavy (non-hydrogen) atoms. The van der Waals surface area contributed by atoms with E-state index >= 15 is 0 Å². The predicted octanol–water partition coefficient (Wildman–Crippen LogP) is 3.97. The summed E-state index contributed by atoms with van der Waals surface area (Å²) in [5, 5.41) is 0. The van der Waals surface area contributed by atoms with Crippen molar-refractivity contribution in [2.45, 2.75) is 13.8 Å². The Labute approximate surface area is 129 Å². The zero-order valence-corrected chi connectivity index (χ0v) is 13.3. The van der Waals surface area contributed by atoms with E-state index in [4.69, 9.17) is 5.73 Å². The number of hydrogen-bond acceptors (Lipinski definition) is 2. The van der Waals surface area contributed by atoms with Crippen LogP contribution in [0.5, 0.6) is 0 Å². The summed E-state index contributed by atoms with van der Waals surface area (Å²) < 4.78 is 16.1. The fourth-order valence-electron chi connectivity index (χ4n) is 2.23. The van der Waals surface area contributed by atoms with Crippen LogP contribution < -0.4 is 5.73 Å². The highest BCUT2D eigenvalue weighted by atomic mass is 127. The zero-order valence-electron chi connectivity index (χ0n) is 11.1. The molecule has 0 saturated heterocycles. The number of imidazole rings is 1. The molecule has 0 fully saturated rings. The summed E-state index contributed by atoms with van der Waals surface area (Å²) in [6.45, 7) is 4.09. The number of nitrogens with zero attached hydrogens (tertiary/aromatic N) is 2. The van der Waals surface area contributed by atoms with E-state index in [2.05, 4.69) is 11.9 Å². The molecule has 0 amide bonds. The van der Waals surface area contributed by atoms with Crippen molar-refractivity contribution in [3.63, 3.8) is 0 Å². The van der Waals surface area contributed by atoms with Crippen molar-refractivity contribution >= 4 is 39.6 Å². The van der Waals surface area contributed by atoms with Gasteiger partial charge < -0.3 is 5.73 Å². The molecule has 102 valence electrons. The summed E-state index contributed by atoms with van der Waals surface area (Å²) in [5.41, 5.74) is 10.6. The van der Waals surface area contributed by atoms with Crippen LogP contribution in [0.3, 0.4) is 0 Å². The fourth-order valence-corrected chi connectivity index (χ4v) is 2.68. The maximum atomic E-state index is 13.8. The third-order valence-corrected chi connectivity index (χ3v) is 4.30. The Kier molecular flexibility index (Phi) is 3.16. The summed E-state index contributed by atoms with van der Waals surface area (Å²) in [7, 11) is 0. The highest BCUT2D eigenvalue weighted by molar-refractivity contribution is 14.1. The van der Waals surface area contributed by atoms with Crippen molar-refractivity contribution in [3.05, 3.63) is 50.8 Å². The molecule has 0 saturated carbocycles. The lowest BCUT2D eigenvalue weighted by atomic mass is 10.1. The molecule has 0 spiro atoms. The van der Waals surface area contributed by atoms with Crippen LogP contribution in [0.15, 0.2) is 30.3 Å². The van der Waals surface area contributed by atoms with Crippen LogP contribution in [0, 0.1) is 23.2 Å². The third-order valence-electron chi connectivity index (χ3n) is 3.47. The summed E-state index contributed by atoms with van der Waals surface area (Å²) in [6.07, 6.45) is 0. The molecule has 0 aliphatic carbocycles. The summed E-state index contributed by atoms with van der Waals surface area (Å²) in [6, 6.07) is 9.21. The number of rotatable bonds is 1. The van der Waals surface area contributed by atoms with E-state index in [-0.39, 0.29) is 5.82 Å². The molecule has 0 radical (unpaired) electrons. The molecule has 1 aromatic heterocycles. The van der Waals surface area contributed by atoms with Gasteiger partial charge >= 0.3 is 0 Å². The molecule has 2 aromatic carbocycles. The van der Waals surface area contributed by atoms with Crippen molar-refractivity contribution in [2.75, 3.05) is 5.73 Å². The second-order valence-corrected chi connectivity index (χ2v) is 5.99. The number of nitrogen functional groups attached to an aromatic ring is 1. The fraction of sp³-hybridized carbons (Fsp3) is 0.133. The van der Waals surface area contributed by atoms with Gasteiger partial charge in [0.05, 0.1) is 14.6 Å². The molecule has 3 rings (SSSR count). The van der Waals surface area contributed by atoms with Gasteiger partial charge in [0.2, 0.25) is 5.95 Å².